The summed E-state index contributed by atoms with van der Waals surface area (Å²) >= 11 is 0. The Morgan fingerprint density at radius 3 is 1.97 bits per heavy atom. The molecule has 1 atom stereocenters. The summed E-state index contributed by atoms with van der Waals surface area (Å²) in [6, 6.07) is 29.8. The van der Waals surface area contributed by atoms with Crippen LogP contribution < -0.4 is 24.3 Å². The predicted octanol–water partition coefficient (Wildman–Crippen LogP) is 5.86. The van der Waals surface area contributed by atoms with E-state index in [9.17, 15) is 4.79 Å². The molecule has 1 N–H and O–H groups in total. The molecule has 0 aromatic heterocycles. The van der Waals surface area contributed by atoms with Crippen LogP contribution >= 0.6 is 0 Å². The van der Waals surface area contributed by atoms with Gasteiger partial charge in [-0.15, -0.1) is 0 Å². The number of carbonyl (C=O) groups excluding carboxylic acids is 1. The smallest absolute Gasteiger partial charge is 0.227 e. The zero-order chi connectivity index (χ0) is 27.0. The number of amides is 1. The molecular weight excluding hydrogens is 490 g/mol. The number of fused-ring (bicyclic) bond motifs is 1. The molecule has 1 aliphatic rings. The average molecular weight is 524 g/mol. The van der Waals surface area contributed by atoms with E-state index in [0.717, 1.165) is 27.8 Å². The van der Waals surface area contributed by atoms with Gasteiger partial charge in [-0.3, -0.25) is 4.79 Å². The zero-order valence-electron chi connectivity index (χ0n) is 22.3. The maximum atomic E-state index is 13.0. The van der Waals surface area contributed by atoms with Crippen LogP contribution in [0.3, 0.4) is 0 Å². The van der Waals surface area contributed by atoms with Crippen LogP contribution in [0.1, 0.15) is 33.7 Å². The van der Waals surface area contributed by atoms with Gasteiger partial charge >= 0.3 is 0 Å². The molecule has 0 spiro atoms. The van der Waals surface area contributed by atoms with Crippen molar-refractivity contribution in [1.82, 2.24) is 5.32 Å². The molecule has 4 aromatic rings. The largest absolute Gasteiger partial charge is 0.493 e. The molecule has 0 heterocycles. The van der Waals surface area contributed by atoms with Crippen LogP contribution in [0.5, 0.6) is 23.0 Å². The van der Waals surface area contributed by atoms with Crippen molar-refractivity contribution in [2.45, 2.75) is 32.0 Å². The van der Waals surface area contributed by atoms with E-state index in [1.54, 1.807) is 14.2 Å². The third kappa shape index (κ3) is 6.34. The van der Waals surface area contributed by atoms with E-state index in [1.165, 1.54) is 0 Å². The number of carbonyl (C=O) groups is 1. The molecule has 1 amide bonds. The predicted molar refractivity (Wildman–Crippen MR) is 151 cm³/mol. The summed E-state index contributed by atoms with van der Waals surface area (Å²) in [5.74, 6) is 2.55. The molecule has 0 saturated carbocycles. The van der Waals surface area contributed by atoms with Gasteiger partial charge in [-0.1, -0.05) is 66.7 Å². The highest BCUT2D eigenvalue weighted by molar-refractivity contribution is 5.87. The molecule has 0 bridgehead atoms. The summed E-state index contributed by atoms with van der Waals surface area (Å²) < 4.78 is 23.1. The van der Waals surface area contributed by atoms with Gasteiger partial charge in [0.05, 0.1) is 20.1 Å². The van der Waals surface area contributed by atoms with Crippen molar-refractivity contribution in [3.05, 3.63) is 119 Å². The van der Waals surface area contributed by atoms with Crippen LogP contribution in [0, 0.1) is 0 Å². The fraction of sp³-hybridized carbons (Fsp3) is 0.242. The first-order chi connectivity index (χ1) is 19.1. The fourth-order valence-electron chi connectivity index (χ4n) is 4.73. The molecule has 1 aliphatic carbocycles. The summed E-state index contributed by atoms with van der Waals surface area (Å²) in [7, 11) is 3.27. The molecule has 39 heavy (non-hydrogen) atoms. The average Bonchev–Trinajstić information content (AvgIpc) is 2.97. The molecule has 0 saturated heterocycles. The molecule has 4 aromatic carbocycles. The maximum Gasteiger partial charge on any atom is 0.227 e. The second-order valence-electron chi connectivity index (χ2n) is 9.53. The standard InChI is InChI=1S/C33H33NO5/c1-36-30-17-23(13-14-29(30)38-21-24-9-5-3-6-10-24)15-16-34-33(35)28-18-26-19-31(37-2)32(20-27(26)28)39-22-25-11-7-4-8-12-25/h3-14,17,19-20,28H,15-16,18,21-22H2,1-2H3,(H,34,35). The first-order valence-corrected chi connectivity index (χ1v) is 13.1. The van der Waals surface area contributed by atoms with Crippen molar-refractivity contribution >= 4 is 5.91 Å². The molecule has 200 valence electrons. The number of hydrogen-bond acceptors (Lipinski definition) is 5. The van der Waals surface area contributed by atoms with Crippen LogP contribution in [0.25, 0.3) is 0 Å². The molecule has 6 nitrogen and oxygen atoms in total. The Bertz CT molecular complexity index is 1400. The lowest BCUT2D eigenvalue weighted by Gasteiger charge is -2.30. The Labute approximate surface area is 229 Å². The highest BCUT2D eigenvalue weighted by atomic mass is 16.5. The van der Waals surface area contributed by atoms with E-state index in [2.05, 4.69) is 5.32 Å². The summed E-state index contributed by atoms with van der Waals surface area (Å²) in [6.45, 7) is 1.44. The van der Waals surface area contributed by atoms with Gasteiger partial charge in [0.1, 0.15) is 13.2 Å². The van der Waals surface area contributed by atoms with Crippen LogP contribution in [-0.4, -0.2) is 26.7 Å². The minimum absolute atomic E-state index is 0.0245. The normalized spacial score (nSPS) is 13.5. The van der Waals surface area contributed by atoms with Gasteiger partial charge in [0.25, 0.3) is 0 Å². The first kappa shape index (κ1) is 26.2. The van der Waals surface area contributed by atoms with E-state index in [0.29, 0.717) is 55.6 Å². The van der Waals surface area contributed by atoms with Crippen LogP contribution in [0.4, 0.5) is 0 Å². The van der Waals surface area contributed by atoms with Gasteiger partial charge in [0.2, 0.25) is 5.91 Å². The highest BCUT2D eigenvalue weighted by Crippen LogP contribution is 2.42. The summed E-state index contributed by atoms with van der Waals surface area (Å²) in [6.07, 6.45) is 1.38. The number of methoxy groups -OCH3 is 2. The van der Waals surface area contributed by atoms with Gasteiger partial charge in [-0.2, -0.15) is 0 Å². The van der Waals surface area contributed by atoms with E-state index >= 15 is 0 Å². The molecule has 5 rings (SSSR count). The molecular formula is C33H33NO5. The number of ether oxygens (including phenoxy) is 4. The third-order valence-corrected chi connectivity index (χ3v) is 6.96. The summed E-state index contributed by atoms with van der Waals surface area (Å²) in [5, 5.41) is 3.10. The van der Waals surface area contributed by atoms with Crippen molar-refractivity contribution in [2.24, 2.45) is 0 Å². The minimum atomic E-state index is -0.187. The quantitative estimate of drug-likeness (QED) is 0.252. The van der Waals surface area contributed by atoms with Gasteiger partial charge in [-0.05, 0) is 64.9 Å². The Kier molecular flexibility index (Phi) is 8.32. The zero-order valence-corrected chi connectivity index (χ0v) is 22.3. The SMILES string of the molecule is COc1cc(CCNC(=O)C2Cc3cc(OC)c(OCc4ccccc4)cc32)ccc1OCc1ccccc1. The van der Waals surface area contributed by atoms with Crippen LogP contribution in [0.15, 0.2) is 91.0 Å². The maximum absolute atomic E-state index is 13.0. The number of benzene rings is 4. The second kappa shape index (κ2) is 12.4. The van der Waals surface area contributed by atoms with E-state index in [4.69, 9.17) is 18.9 Å². The lowest BCUT2D eigenvalue weighted by atomic mass is 9.76. The molecule has 0 aliphatic heterocycles. The van der Waals surface area contributed by atoms with Gasteiger partial charge in [-0.25, -0.2) is 0 Å². The van der Waals surface area contributed by atoms with Crippen LogP contribution in [-0.2, 0) is 30.8 Å². The number of rotatable bonds is 12. The second-order valence-corrected chi connectivity index (χ2v) is 9.53. The van der Waals surface area contributed by atoms with Crippen molar-refractivity contribution in [2.75, 3.05) is 20.8 Å². The van der Waals surface area contributed by atoms with Gasteiger partial charge < -0.3 is 24.3 Å². The number of hydrogen-bond donors (Lipinski definition) is 1. The van der Waals surface area contributed by atoms with Crippen molar-refractivity contribution in [3.8, 4) is 23.0 Å². The Morgan fingerprint density at radius 2 is 1.33 bits per heavy atom. The minimum Gasteiger partial charge on any atom is -0.493 e. The molecule has 6 heteroatoms. The van der Waals surface area contributed by atoms with E-state index in [1.807, 2.05) is 91.0 Å². The topological polar surface area (TPSA) is 66.0 Å². The lowest BCUT2D eigenvalue weighted by Crippen LogP contribution is -2.36. The Morgan fingerprint density at radius 1 is 0.718 bits per heavy atom. The summed E-state index contributed by atoms with van der Waals surface area (Å²) in [4.78, 5) is 13.0. The fourth-order valence-corrected chi connectivity index (χ4v) is 4.73. The monoisotopic (exact) mass is 523 g/mol. The van der Waals surface area contributed by atoms with Crippen LogP contribution in [0.2, 0.25) is 0 Å². The van der Waals surface area contributed by atoms with E-state index in [-0.39, 0.29) is 11.8 Å². The molecule has 0 radical (unpaired) electrons. The van der Waals surface area contributed by atoms with E-state index < -0.39 is 0 Å². The Hall–Kier alpha value is -4.45. The van der Waals surface area contributed by atoms with Crippen molar-refractivity contribution in [3.63, 3.8) is 0 Å². The van der Waals surface area contributed by atoms with Crippen molar-refractivity contribution in [1.29, 1.82) is 0 Å². The van der Waals surface area contributed by atoms with Crippen molar-refractivity contribution < 1.29 is 23.7 Å². The van der Waals surface area contributed by atoms with Gasteiger partial charge in [0, 0.05) is 6.54 Å². The molecule has 0 fully saturated rings. The summed E-state index contributed by atoms with van der Waals surface area (Å²) in [5.41, 5.74) is 5.35. The first-order valence-electron chi connectivity index (χ1n) is 13.1. The Balaban J connectivity index is 1.15. The lowest BCUT2D eigenvalue weighted by molar-refractivity contribution is -0.123. The van der Waals surface area contributed by atoms with Gasteiger partial charge in [0.15, 0.2) is 23.0 Å². The third-order valence-electron chi connectivity index (χ3n) is 6.96. The number of nitrogens with one attached hydrogen (secondary N) is 1. The molecule has 1 unspecified atom stereocenters. The highest BCUT2D eigenvalue weighted by Gasteiger charge is 2.33.